The van der Waals surface area contributed by atoms with Gasteiger partial charge in [-0.05, 0) is 89.9 Å². The quantitative estimate of drug-likeness (QED) is 0.0321. The van der Waals surface area contributed by atoms with Gasteiger partial charge in [-0.25, -0.2) is 0 Å². The minimum absolute atomic E-state index is 0.0334. The Morgan fingerprint density at radius 1 is 0.469 bits per heavy atom. The third kappa shape index (κ3) is 45.9. The molecule has 1 amide bonds. The summed E-state index contributed by atoms with van der Waals surface area (Å²) in [5, 5.41) is 23.8. The van der Waals surface area contributed by atoms with Crippen molar-refractivity contribution >= 4 is 11.9 Å². The van der Waals surface area contributed by atoms with E-state index in [0.717, 1.165) is 89.9 Å². The number of carbonyl (C=O) groups excluding carboxylic acids is 2. The van der Waals surface area contributed by atoms with Gasteiger partial charge in [0.05, 0.1) is 25.2 Å². The third-order valence-corrected chi connectivity index (χ3v) is 12.0. The Morgan fingerprint density at radius 3 is 1.33 bits per heavy atom. The number of allylic oxidation sites excluding steroid dienone is 12. The fourth-order valence-corrected chi connectivity index (χ4v) is 7.93. The zero-order valence-electron chi connectivity index (χ0n) is 42.1. The van der Waals surface area contributed by atoms with Crippen LogP contribution in [0.1, 0.15) is 258 Å². The van der Waals surface area contributed by atoms with Crippen LogP contribution in [0, 0.1) is 0 Å². The fourth-order valence-electron chi connectivity index (χ4n) is 7.93. The molecule has 0 aliphatic carbocycles. The van der Waals surface area contributed by atoms with Crippen molar-refractivity contribution < 1.29 is 24.5 Å². The van der Waals surface area contributed by atoms with Crippen LogP contribution in [0.2, 0.25) is 0 Å². The molecule has 0 fully saturated rings. The highest BCUT2D eigenvalue weighted by atomic mass is 16.5. The second kappa shape index (κ2) is 51.3. The Labute approximate surface area is 396 Å². The van der Waals surface area contributed by atoms with E-state index in [1.165, 1.54) is 122 Å². The molecule has 0 aliphatic heterocycles. The van der Waals surface area contributed by atoms with Crippen LogP contribution >= 0.6 is 0 Å². The summed E-state index contributed by atoms with van der Waals surface area (Å²) in [6, 6.07) is -0.724. The molecule has 3 N–H and O–H groups in total. The lowest BCUT2D eigenvalue weighted by molar-refractivity contribution is -0.151. The first kappa shape index (κ1) is 61.3. The molecule has 0 rings (SSSR count). The van der Waals surface area contributed by atoms with Gasteiger partial charge in [0, 0.05) is 6.42 Å². The van der Waals surface area contributed by atoms with E-state index < -0.39 is 18.2 Å². The molecule has 3 atom stereocenters. The van der Waals surface area contributed by atoms with Crippen molar-refractivity contribution in [3.8, 4) is 0 Å². The lowest BCUT2D eigenvalue weighted by atomic mass is 10.0. The molecular formula is C58H103NO5. The average Bonchev–Trinajstić information content (AvgIpc) is 3.29. The number of amides is 1. The molecule has 6 heteroatoms. The molecule has 0 aliphatic rings. The maximum atomic E-state index is 13.2. The van der Waals surface area contributed by atoms with Gasteiger partial charge in [-0.3, -0.25) is 9.59 Å². The molecule has 370 valence electrons. The van der Waals surface area contributed by atoms with Crippen molar-refractivity contribution in [1.29, 1.82) is 0 Å². The van der Waals surface area contributed by atoms with E-state index in [1.54, 1.807) is 0 Å². The van der Waals surface area contributed by atoms with Crippen molar-refractivity contribution in [2.24, 2.45) is 0 Å². The summed E-state index contributed by atoms with van der Waals surface area (Å²) >= 11 is 0. The van der Waals surface area contributed by atoms with E-state index >= 15 is 0 Å². The molecule has 0 radical (unpaired) electrons. The highest BCUT2D eigenvalue weighted by Crippen LogP contribution is 2.17. The highest BCUT2D eigenvalue weighted by Gasteiger charge is 2.24. The molecule has 64 heavy (non-hydrogen) atoms. The van der Waals surface area contributed by atoms with Gasteiger partial charge in [-0.15, -0.1) is 0 Å². The molecule has 0 saturated heterocycles. The van der Waals surface area contributed by atoms with Crippen LogP contribution < -0.4 is 5.32 Å². The molecule has 0 saturated carbocycles. The van der Waals surface area contributed by atoms with Crippen LogP contribution in [-0.2, 0) is 14.3 Å². The maximum Gasteiger partial charge on any atom is 0.306 e. The maximum absolute atomic E-state index is 13.2. The van der Waals surface area contributed by atoms with Crippen LogP contribution in [0.25, 0.3) is 0 Å². The standard InChI is InChI=1S/C58H103NO5/c1-4-7-10-13-16-19-22-25-27-29-30-32-34-37-40-43-46-49-54(64-58(63)51-48-45-42-39-36-33-31-28-26-23-20-17-14-11-8-5-2)52-57(62)59-55(53-60)56(61)50-47-44-41-38-35-24-21-18-15-12-9-6-3/h7,10,16,19,25,27-28,30-32,37,40,54-56,60-61H,4-6,8-9,11-15,17-18,20-24,26,29,33-36,38-39,41-53H2,1-3H3,(H,59,62)/b10-7-,19-16-,27-25-,31-28+,32-30-,40-37-. The molecule has 6 nitrogen and oxygen atoms in total. The van der Waals surface area contributed by atoms with E-state index in [-0.39, 0.29) is 24.9 Å². The Morgan fingerprint density at radius 2 is 0.859 bits per heavy atom. The smallest absolute Gasteiger partial charge is 0.306 e. The predicted molar refractivity (Wildman–Crippen MR) is 278 cm³/mol. The van der Waals surface area contributed by atoms with Gasteiger partial charge in [0.25, 0.3) is 0 Å². The zero-order valence-corrected chi connectivity index (χ0v) is 42.1. The first-order valence-electron chi connectivity index (χ1n) is 27.2. The van der Waals surface area contributed by atoms with Gasteiger partial charge in [-0.2, -0.15) is 0 Å². The number of aliphatic hydroxyl groups excluding tert-OH is 2. The first-order chi connectivity index (χ1) is 31.5. The number of ether oxygens (including phenoxy) is 1. The van der Waals surface area contributed by atoms with Crippen molar-refractivity contribution in [2.75, 3.05) is 6.61 Å². The molecule has 0 aromatic carbocycles. The largest absolute Gasteiger partial charge is 0.462 e. The Bertz CT molecular complexity index is 1190. The Balaban J connectivity index is 4.70. The van der Waals surface area contributed by atoms with Crippen LogP contribution in [0.15, 0.2) is 72.9 Å². The van der Waals surface area contributed by atoms with Gasteiger partial charge < -0.3 is 20.3 Å². The molecule has 3 unspecified atom stereocenters. The topological polar surface area (TPSA) is 95.9 Å². The number of hydrogen-bond donors (Lipinski definition) is 3. The van der Waals surface area contributed by atoms with E-state index in [2.05, 4.69) is 99.0 Å². The summed E-state index contributed by atoms with van der Waals surface area (Å²) in [5.41, 5.74) is 0. The minimum atomic E-state index is -0.806. The van der Waals surface area contributed by atoms with Gasteiger partial charge in [0.1, 0.15) is 6.10 Å². The molecular weight excluding hydrogens is 791 g/mol. The molecule has 0 spiro atoms. The van der Waals surface area contributed by atoms with E-state index in [1.807, 2.05) is 0 Å². The normalized spacial score (nSPS) is 13.8. The average molecular weight is 894 g/mol. The summed E-state index contributed by atoms with van der Waals surface area (Å²) in [6.07, 6.45) is 65.4. The molecule has 0 aromatic heterocycles. The minimum Gasteiger partial charge on any atom is -0.462 e. The third-order valence-electron chi connectivity index (χ3n) is 12.0. The second-order valence-corrected chi connectivity index (χ2v) is 18.2. The summed E-state index contributed by atoms with van der Waals surface area (Å²) in [7, 11) is 0. The number of aliphatic hydroxyl groups is 2. The molecule has 0 bridgehead atoms. The number of hydrogen-bond acceptors (Lipinski definition) is 5. The van der Waals surface area contributed by atoms with Crippen molar-refractivity contribution in [3.63, 3.8) is 0 Å². The van der Waals surface area contributed by atoms with Gasteiger partial charge in [0.15, 0.2) is 0 Å². The summed E-state index contributed by atoms with van der Waals surface area (Å²) in [5.74, 6) is -0.538. The summed E-state index contributed by atoms with van der Waals surface area (Å²) in [6.45, 7) is 6.35. The zero-order chi connectivity index (χ0) is 46.7. The van der Waals surface area contributed by atoms with Crippen LogP contribution in [0.3, 0.4) is 0 Å². The summed E-state index contributed by atoms with van der Waals surface area (Å²) in [4.78, 5) is 26.2. The highest BCUT2D eigenvalue weighted by molar-refractivity contribution is 5.77. The van der Waals surface area contributed by atoms with Gasteiger partial charge in [-0.1, -0.05) is 229 Å². The van der Waals surface area contributed by atoms with Crippen molar-refractivity contribution in [1.82, 2.24) is 5.32 Å². The fraction of sp³-hybridized carbons (Fsp3) is 0.759. The summed E-state index contributed by atoms with van der Waals surface area (Å²) < 4.78 is 5.92. The van der Waals surface area contributed by atoms with Crippen molar-refractivity contribution in [3.05, 3.63) is 72.9 Å². The Kier molecular flexibility index (Phi) is 49.1. The van der Waals surface area contributed by atoms with Crippen LogP contribution in [-0.4, -0.2) is 46.9 Å². The van der Waals surface area contributed by atoms with Crippen LogP contribution in [0.4, 0.5) is 0 Å². The number of esters is 1. The van der Waals surface area contributed by atoms with E-state index in [0.29, 0.717) is 19.3 Å². The first-order valence-corrected chi connectivity index (χ1v) is 27.2. The number of unbranched alkanes of at least 4 members (excludes halogenated alkanes) is 24. The molecule has 0 aromatic rings. The number of carbonyl (C=O) groups is 2. The Hall–Kier alpha value is -2.70. The van der Waals surface area contributed by atoms with Gasteiger partial charge in [0.2, 0.25) is 5.91 Å². The second-order valence-electron chi connectivity index (χ2n) is 18.2. The predicted octanol–water partition coefficient (Wildman–Crippen LogP) is 16.6. The monoisotopic (exact) mass is 894 g/mol. The van der Waals surface area contributed by atoms with Gasteiger partial charge >= 0.3 is 5.97 Å². The SMILES string of the molecule is CC/C=C\C/C=C\C/C=C\C/C=C\C/C=C\CCCC(CC(=O)NC(CO)C(O)CCCCCCCCCCCCCC)OC(=O)CCCCCCC/C=C/CCCCCCCCC. The lowest BCUT2D eigenvalue weighted by Gasteiger charge is -2.24. The van der Waals surface area contributed by atoms with Crippen molar-refractivity contribution in [2.45, 2.75) is 277 Å². The van der Waals surface area contributed by atoms with Crippen LogP contribution in [0.5, 0.6) is 0 Å². The molecule has 0 heterocycles. The van der Waals surface area contributed by atoms with E-state index in [9.17, 15) is 19.8 Å². The number of nitrogens with one attached hydrogen (secondary N) is 1. The van der Waals surface area contributed by atoms with E-state index in [4.69, 9.17) is 4.74 Å². The number of rotatable bonds is 48. The lowest BCUT2D eigenvalue weighted by Crippen LogP contribution is -2.46.